The highest BCUT2D eigenvalue weighted by molar-refractivity contribution is 9.10. The molecule has 3 rings (SSSR count). The number of aromatic nitrogens is 1. The number of rotatable bonds is 4. The van der Waals surface area contributed by atoms with E-state index in [-0.39, 0.29) is 11.6 Å². The highest BCUT2D eigenvalue weighted by Crippen LogP contribution is 2.40. The average molecular weight is 402 g/mol. The Morgan fingerprint density at radius 2 is 1.96 bits per heavy atom. The molecule has 128 valence electrons. The largest absolute Gasteiger partial charge is 0.493 e. The molecule has 0 saturated heterocycles. The number of carbonyl (C=O) groups is 1. The maximum absolute atomic E-state index is 12.1. The maximum Gasteiger partial charge on any atom is 0.297 e. The van der Waals surface area contributed by atoms with Gasteiger partial charge in [0.1, 0.15) is 0 Å². The standard InChI is InChI=1S/C18H16BrN3O3/c1-2-22-14-9-8-12(19)10-13(14)15(18(22)25)20-21-17(24)16(23)11-6-4-3-5-7-11/h3-10,16,23,25H,2H2,1H3/t16-/m1/s1. The third-order valence-electron chi connectivity index (χ3n) is 3.89. The lowest BCUT2D eigenvalue weighted by molar-refractivity contribution is -0.126. The Bertz CT molecular complexity index is 951. The number of hydrogen-bond acceptors (Lipinski definition) is 4. The zero-order chi connectivity index (χ0) is 18.0. The average Bonchev–Trinajstić information content (AvgIpc) is 2.89. The Labute approximate surface area is 152 Å². The first-order valence-electron chi connectivity index (χ1n) is 7.72. The van der Waals surface area contributed by atoms with E-state index in [9.17, 15) is 15.0 Å². The van der Waals surface area contributed by atoms with E-state index >= 15 is 0 Å². The molecule has 3 aromatic rings. The van der Waals surface area contributed by atoms with Crippen molar-refractivity contribution in [2.24, 2.45) is 10.2 Å². The quantitative estimate of drug-likeness (QED) is 0.631. The number of carbonyl (C=O) groups excluding carboxylic acids is 1. The van der Waals surface area contributed by atoms with Crippen molar-refractivity contribution in [3.8, 4) is 5.88 Å². The van der Waals surface area contributed by atoms with Crippen LogP contribution in [-0.4, -0.2) is 20.7 Å². The van der Waals surface area contributed by atoms with Crippen LogP contribution in [0.15, 0.2) is 63.2 Å². The maximum atomic E-state index is 12.1. The van der Waals surface area contributed by atoms with E-state index in [1.807, 2.05) is 19.1 Å². The molecule has 7 heteroatoms. The van der Waals surface area contributed by atoms with Crippen molar-refractivity contribution in [2.75, 3.05) is 0 Å². The second-order valence-corrected chi connectivity index (χ2v) is 6.35. The SMILES string of the molecule is CCn1c(O)c(N=NC(=O)[C@H](O)c2ccccc2)c2cc(Br)ccc21. The van der Waals surface area contributed by atoms with E-state index in [1.165, 1.54) is 0 Å². The number of aliphatic hydroxyl groups excluding tert-OH is 1. The number of nitrogens with zero attached hydrogens (tertiary/aromatic N) is 3. The molecule has 0 bridgehead atoms. The van der Waals surface area contributed by atoms with Crippen LogP contribution >= 0.6 is 15.9 Å². The normalized spacial score (nSPS) is 12.8. The Kier molecular flexibility index (Phi) is 4.96. The molecule has 2 N–H and O–H groups in total. The van der Waals surface area contributed by atoms with Crippen LogP contribution in [0.2, 0.25) is 0 Å². The molecule has 1 amide bonds. The summed E-state index contributed by atoms with van der Waals surface area (Å²) in [7, 11) is 0. The van der Waals surface area contributed by atoms with Crippen LogP contribution in [0.4, 0.5) is 5.69 Å². The number of amides is 1. The van der Waals surface area contributed by atoms with Crippen molar-refractivity contribution in [1.29, 1.82) is 0 Å². The molecule has 0 radical (unpaired) electrons. The van der Waals surface area contributed by atoms with E-state index in [2.05, 4.69) is 26.2 Å². The summed E-state index contributed by atoms with van der Waals surface area (Å²) in [5, 5.41) is 28.6. The van der Waals surface area contributed by atoms with E-state index in [4.69, 9.17) is 0 Å². The second-order valence-electron chi connectivity index (χ2n) is 5.43. The molecule has 0 spiro atoms. The van der Waals surface area contributed by atoms with Crippen LogP contribution < -0.4 is 0 Å². The van der Waals surface area contributed by atoms with Gasteiger partial charge >= 0.3 is 0 Å². The molecular weight excluding hydrogens is 386 g/mol. The van der Waals surface area contributed by atoms with Crippen molar-refractivity contribution < 1.29 is 15.0 Å². The predicted molar refractivity (Wildman–Crippen MR) is 97.9 cm³/mol. The van der Waals surface area contributed by atoms with Gasteiger partial charge in [0.15, 0.2) is 11.8 Å². The lowest BCUT2D eigenvalue weighted by Crippen LogP contribution is -2.08. The van der Waals surface area contributed by atoms with Crippen LogP contribution in [-0.2, 0) is 11.3 Å². The summed E-state index contributed by atoms with van der Waals surface area (Å²) in [6.45, 7) is 2.44. The smallest absolute Gasteiger partial charge is 0.297 e. The van der Waals surface area contributed by atoms with Gasteiger partial charge in [0, 0.05) is 16.4 Å². The number of aryl methyl sites for hydroxylation is 1. The van der Waals surface area contributed by atoms with Gasteiger partial charge in [-0.15, -0.1) is 10.2 Å². The van der Waals surface area contributed by atoms with Gasteiger partial charge in [0.2, 0.25) is 5.88 Å². The van der Waals surface area contributed by atoms with Gasteiger partial charge in [-0.3, -0.25) is 4.79 Å². The minimum Gasteiger partial charge on any atom is -0.493 e. The summed E-state index contributed by atoms with van der Waals surface area (Å²) in [6, 6.07) is 14.0. The summed E-state index contributed by atoms with van der Waals surface area (Å²) in [6.07, 6.45) is -1.39. The van der Waals surface area contributed by atoms with Gasteiger partial charge in [0.25, 0.3) is 5.91 Å². The molecule has 0 aliphatic carbocycles. The molecule has 25 heavy (non-hydrogen) atoms. The summed E-state index contributed by atoms with van der Waals surface area (Å²) in [4.78, 5) is 12.1. The first kappa shape index (κ1) is 17.3. The second kappa shape index (κ2) is 7.16. The lowest BCUT2D eigenvalue weighted by Gasteiger charge is -2.05. The number of aliphatic hydroxyl groups is 1. The lowest BCUT2D eigenvalue weighted by atomic mass is 10.1. The topological polar surface area (TPSA) is 87.2 Å². The molecule has 0 unspecified atom stereocenters. The fraction of sp³-hybridized carbons (Fsp3) is 0.167. The molecule has 0 aliphatic rings. The van der Waals surface area contributed by atoms with Crippen LogP contribution in [0, 0.1) is 0 Å². The minimum atomic E-state index is -1.39. The van der Waals surface area contributed by atoms with E-state index in [0.29, 0.717) is 17.5 Å². The molecule has 1 atom stereocenters. The fourth-order valence-corrected chi connectivity index (χ4v) is 3.01. The van der Waals surface area contributed by atoms with Gasteiger partial charge in [-0.05, 0) is 30.7 Å². The molecule has 0 aliphatic heterocycles. The van der Waals surface area contributed by atoms with Crippen LogP contribution in [0.3, 0.4) is 0 Å². The van der Waals surface area contributed by atoms with Crippen LogP contribution in [0.1, 0.15) is 18.6 Å². The predicted octanol–water partition coefficient (Wildman–Crippen LogP) is 4.47. The first-order valence-corrected chi connectivity index (χ1v) is 8.51. The number of benzene rings is 2. The summed E-state index contributed by atoms with van der Waals surface area (Å²) >= 11 is 3.39. The van der Waals surface area contributed by atoms with Gasteiger partial charge < -0.3 is 14.8 Å². The van der Waals surface area contributed by atoms with E-state index in [0.717, 1.165) is 9.99 Å². The monoisotopic (exact) mass is 401 g/mol. The molecular formula is C18H16BrN3O3. The number of hydrogen-bond donors (Lipinski definition) is 2. The Balaban J connectivity index is 1.97. The Hall–Kier alpha value is -2.51. The Morgan fingerprint density at radius 1 is 1.24 bits per heavy atom. The van der Waals surface area contributed by atoms with E-state index < -0.39 is 12.0 Å². The molecule has 1 heterocycles. The van der Waals surface area contributed by atoms with Gasteiger partial charge in [-0.1, -0.05) is 46.3 Å². The molecule has 2 aromatic carbocycles. The van der Waals surface area contributed by atoms with Crippen molar-refractivity contribution >= 4 is 38.4 Å². The zero-order valence-electron chi connectivity index (χ0n) is 13.4. The minimum absolute atomic E-state index is 0.0682. The number of aromatic hydroxyl groups is 1. The molecule has 6 nitrogen and oxygen atoms in total. The van der Waals surface area contributed by atoms with Crippen molar-refractivity contribution in [2.45, 2.75) is 19.6 Å². The van der Waals surface area contributed by atoms with Crippen molar-refractivity contribution in [3.63, 3.8) is 0 Å². The first-order chi connectivity index (χ1) is 12.0. The summed E-state index contributed by atoms with van der Waals surface area (Å²) < 4.78 is 2.49. The number of azo groups is 1. The molecule has 0 saturated carbocycles. The fourth-order valence-electron chi connectivity index (χ4n) is 2.65. The molecule has 0 fully saturated rings. The third kappa shape index (κ3) is 3.33. The highest BCUT2D eigenvalue weighted by Gasteiger charge is 2.19. The molecule has 1 aromatic heterocycles. The van der Waals surface area contributed by atoms with Gasteiger partial charge in [-0.25, -0.2) is 0 Å². The third-order valence-corrected chi connectivity index (χ3v) is 4.38. The Morgan fingerprint density at radius 3 is 2.64 bits per heavy atom. The highest BCUT2D eigenvalue weighted by atomic mass is 79.9. The van der Waals surface area contributed by atoms with Crippen molar-refractivity contribution in [1.82, 2.24) is 4.57 Å². The zero-order valence-corrected chi connectivity index (χ0v) is 15.0. The summed E-state index contributed by atoms with van der Waals surface area (Å²) in [5.41, 5.74) is 1.43. The van der Waals surface area contributed by atoms with Crippen molar-refractivity contribution in [3.05, 3.63) is 58.6 Å². The van der Waals surface area contributed by atoms with Crippen LogP contribution in [0.5, 0.6) is 5.88 Å². The van der Waals surface area contributed by atoms with Gasteiger partial charge in [-0.2, -0.15) is 0 Å². The number of fused-ring (bicyclic) bond motifs is 1. The van der Waals surface area contributed by atoms with Crippen LogP contribution in [0.25, 0.3) is 10.9 Å². The summed E-state index contributed by atoms with van der Waals surface area (Å²) in [5.74, 6) is -0.862. The van der Waals surface area contributed by atoms with Gasteiger partial charge in [0.05, 0.1) is 5.52 Å². The number of halogens is 1. The van der Waals surface area contributed by atoms with E-state index in [1.54, 1.807) is 41.0 Å².